The second-order valence-corrected chi connectivity index (χ2v) is 6.34. The summed E-state index contributed by atoms with van der Waals surface area (Å²) >= 11 is 0. The maximum atomic E-state index is 12.0. The lowest BCUT2D eigenvalue weighted by atomic mass is 10.0. The van der Waals surface area contributed by atoms with Gasteiger partial charge in [0.15, 0.2) is 0 Å². The van der Waals surface area contributed by atoms with E-state index in [1.807, 2.05) is 30.3 Å². The van der Waals surface area contributed by atoms with Crippen molar-refractivity contribution in [2.75, 3.05) is 19.8 Å². The number of aromatic nitrogens is 3. The standard InChI is InChI=1S/C19H20N4O3/c24-19(21-12-13-5-9-25-10-6-13)26-18-22-16-2-1-15(11-17(16)23-18)14-3-7-20-8-4-14/h1-4,7-8,11,13H,5-6,9-10,12H2,(H,21,24)(H,22,23). The Labute approximate surface area is 150 Å². The number of hydrogen-bond acceptors (Lipinski definition) is 5. The summed E-state index contributed by atoms with van der Waals surface area (Å²) in [6, 6.07) is 9.93. The second-order valence-electron chi connectivity index (χ2n) is 6.34. The highest BCUT2D eigenvalue weighted by atomic mass is 16.6. The average molecular weight is 352 g/mol. The summed E-state index contributed by atoms with van der Waals surface area (Å²) in [6.07, 6.45) is 4.93. The number of carbonyl (C=O) groups is 1. The van der Waals surface area contributed by atoms with Crippen LogP contribution in [0.1, 0.15) is 12.8 Å². The van der Waals surface area contributed by atoms with Crippen molar-refractivity contribution in [1.29, 1.82) is 0 Å². The maximum Gasteiger partial charge on any atom is 0.415 e. The van der Waals surface area contributed by atoms with Crippen LogP contribution in [0.3, 0.4) is 0 Å². The molecule has 2 N–H and O–H groups in total. The lowest BCUT2D eigenvalue weighted by Crippen LogP contribution is -2.34. The molecule has 0 saturated carbocycles. The van der Waals surface area contributed by atoms with Gasteiger partial charge in [0.2, 0.25) is 0 Å². The molecule has 0 aliphatic carbocycles. The molecule has 26 heavy (non-hydrogen) atoms. The number of hydrogen-bond donors (Lipinski definition) is 2. The fourth-order valence-electron chi connectivity index (χ4n) is 3.06. The molecule has 0 unspecified atom stereocenters. The first-order chi connectivity index (χ1) is 12.8. The molecule has 1 aliphatic heterocycles. The number of pyridine rings is 1. The number of nitrogens with one attached hydrogen (secondary N) is 2. The molecule has 1 aromatic carbocycles. The van der Waals surface area contributed by atoms with Crippen LogP contribution in [0.4, 0.5) is 4.79 Å². The van der Waals surface area contributed by atoms with Crippen LogP contribution in [0.25, 0.3) is 22.2 Å². The van der Waals surface area contributed by atoms with Crippen molar-refractivity contribution >= 4 is 17.1 Å². The van der Waals surface area contributed by atoms with Crippen LogP contribution in [0, 0.1) is 5.92 Å². The molecule has 4 rings (SSSR count). The van der Waals surface area contributed by atoms with Gasteiger partial charge in [0, 0.05) is 32.2 Å². The summed E-state index contributed by atoms with van der Waals surface area (Å²) in [7, 11) is 0. The first-order valence-electron chi connectivity index (χ1n) is 8.71. The molecule has 3 aromatic rings. The molecule has 134 valence electrons. The first-order valence-corrected chi connectivity index (χ1v) is 8.71. The van der Waals surface area contributed by atoms with Crippen LogP contribution >= 0.6 is 0 Å². The Kier molecular flexibility index (Phi) is 4.79. The average Bonchev–Trinajstić information content (AvgIpc) is 3.09. The van der Waals surface area contributed by atoms with Crippen molar-refractivity contribution in [2.45, 2.75) is 12.8 Å². The molecular weight excluding hydrogens is 332 g/mol. The SMILES string of the molecule is O=C(NCC1CCOCC1)Oc1nc2ccc(-c3ccncc3)cc2[nH]1. The number of ether oxygens (including phenoxy) is 2. The van der Waals surface area contributed by atoms with Gasteiger partial charge in [-0.25, -0.2) is 4.79 Å². The Morgan fingerprint density at radius 2 is 2.00 bits per heavy atom. The van der Waals surface area contributed by atoms with Gasteiger partial charge < -0.3 is 19.8 Å². The van der Waals surface area contributed by atoms with Crippen LogP contribution in [-0.4, -0.2) is 40.8 Å². The fraction of sp³-hybridized carbons (Fsp3) is 0.316. The van der Waals surface area contributed by atoms with Crippen molar-refractivity contribution in [1.82, 2.24) is 20.3 Å². The number of rotatable bonds is 4. The van der Waals surface area contributed by atoms with E-state index in [2.05, 4.69) is 20.3 Å². The summed E-state index contributed by atoms with van der Waals surface area (Å²) < 4.78 is 10.6. The lowest BCUT2D eigenvalue weighted by Gasteiger charge is -2.21. The Morgan fingerprint density at radius 1 is 1.19 bits per heavy atom. The molecule has 1 fully saturated rings. The van der Waals surface area contributed by atoms with Crippen LogP contribution in [-0.2, 0) is 4.74 Å². The minimum atomic E-state index is -0.495. The molecule has 1 aliphatic rings. The maximum absolute atomic E-state index is 12.0. The predicted octanol–water partition coefficient (Wildman–Crippen LogP) is 3.14. The molecule has 0 bridgehead atoms. The number of carbonyl (C=O) groups excluding carboxylic acids is 1. The zero-order chi connectivity index (χ0) is 17.8. The summed E-state index contributed by atoms with van der Waals surface area (Å²) in [5, 5.41) is 2.80. The van der Waals surface area contributed by atoms with E-state index in [0.717, 1.165) is 48.2 Å². The summed E-state index contributed by atoms with van der Waals surface area (Å²) in [5.74, 6) is 0.440. The van der Waals surface area contributed by atoms with Gasteiger partial charge in [0.1, 0.15) is 0 Å². The van der Waals surface area contributed by atoms with E-state index in [4.69, 9.17) is 9.47 Å². The highest BCUT2D eigenvalue weighted by Crippen LogP contribution is 2.24. The van der Waals surface area contributed by atoms with Crippen molar-refractivity contribution in [2.24, 2.45) is 5.92 Å². The number of imidazole rings is 1. The van der Waals surface area contributed by atoms with E-state index in [9.17, 15) is 4.79 Å². The molecule has 3 heterocycles. The normalized spacial score (nSPS) is 15.1. The summed E-state index contributed by atoms with van der Waals surface area (Å²) in [4.78, 5) is 23.4. The third-order valence-corrected chi connectivity index (χ3v) is 4.54. The van der Waals surface area contributed by atoms with Gasteiger partial charge in [-0.3, -0.25) is 4.98 Å². The van der Waals surface area contributed by atoms with Crippen LogP contribution in [0.2, 0.25) is 0 Å². The molecular formula is C19H20N4O3. The van der Waals surface area contributed by atoms with Crippen molar-refractivity contribution in [3.05, 3.63) is 42.7 Å². The Bertz CT molecular complexity index is 888. The van der Waals surface area contributed by atoms with Gasteiger partial charge in [-0.2, -0.15) is 4.98 Å². The molecule has 7 heteroatoms. The highest BCUT2D eigenvalue weighted by molar-refractivity contribution is 5.83. The Morgan fingerprint density at radius 3 is 2.81 bits per heavy atom. The number of nitrogens with zero attached hydrogens (tertiary/aromatic N) is 2. The monoisotopic (exact) mass is 352 g/mol. The van der Waals surface area contributed by atoms with Crippen molar-refractivity contribution in [3.8, 4) is 17.1 Å². The molecule has 0 radical (unpaired) electrons. The Balaban J connectivity index is 1.41. The molecule has 1 saturated heterocycles. The van der Waals surface area contributed by atoms with E-state index in [1.54, 1.807) is 12.4 Å². The van der Waals surface area contributed by atoms with Gasteiger partial charge in [-0.15, -0.1) is 0 Å². The van der Waals surface area contributed by atoms with Crippen LogP contribution in [0.5, 0.6) is 6.01 Å². The van der Waals surface area contributed by atoms with Gasteiger partial charge in [-0.1, -0.05) is 6.07 Å². The number of fused-ring (bicyclic) bond motifs is 1. The lowest BCUT2D eigenvalue weighted by molar-refractivity contribution is 0.0662. The number of H-pyrrole nitrogens is 1. The van der Waals surface area contributed by atoms with E-state index in [0.29, 0.717) is 12.5 Å². The fourth-order valence-corrected chi connectivity index (χ4v) is 3.06. The van der Waals surface area contributed by atoms with Gasteiger partial charge in [-0.05, 0) is 54.2 Å². The van der Waals surface area contributed by atoms with Gasteiger partial charge in [0.25, 0.3) is 0 Å². The zero-order valence-electron chi connectivity index (χ0n) is 14.3. The minimum Gasteiger partial charge on any atom is -0.381 e. The summed E-state index contributed by atoms with van der Waals surface area (Å²) in [5.41, 5.74) is 3.66. The van der Waals surface area contributed by atoms with Crippen LogP contribution < -0.4 is 10.1 Å². The minimum absolute atomic E-state index is 0.191. The number of benzene rings is 1. The van der Waals surface area contributed by atoms with Crippen molar-refractivity contribution in [3.63, 3.8) is 0 Å². The third-order valence-electron chi connectivity index (χ3n) is 4.54. The predicted molar refractivity (Wildman–Crippen MR) is 96.9 cm³/mol. The summed E-state index contributed by atoms with van der Waals surface area (Å²) in [6.45, 7) is 2.10. The number of aromatic amines is 1. The smallest absolute Gasteiger partial charge is 0.381 e. The zero-order valence-corrected chi connectivity index (χ0v) is 14.3. The molecule has 0 atom stereocenters. The largest absolute Gasteiger partial charge is 0.415 e. The number of amides is 1. The van der Waals surface area contributed by atoms with E-state index in [-0.39, 0.29) is 6.01 Å². The van der Waals surface area contributed by atoms with Gasteiger partial charge >= 0.3 is 12.1 Å². The topological polar surface area (TPSA) is 89.1 Å². The van der Waals surface area contributed by atoms with E-state index >= 15 is 0 Å². The Hall–Kier alpha value is -2.93. The molecule has 7 nitrogen and oxygen atoms in total. The van der Waals surface area contributed by atoms with Crippen molar-refractivity contribution < 1.29 is 14.3 Å². The highest BCUT2D eigenvalue weighted by Gasteiger charge is 2.16. The molecule has 2 aromatic heterocycles. The van der Waals surface area contributed by atoms with E-state index in [1.165, 1.54) is 0 Å². The second kappa shape index (κ2) is 7.53. The quantitative estimate of drug-likeness (QED) is 0.753. The van der Waals surface area contributed by atoms with E-state index < -0.39 is 6.09 Å². The van der Waals surface area contributed by atoms with Crippen LogP contribution in [0.15, 0.2) is 42.7 Å². The third kappa shape index (κ3) is 3.83. The first kappa shape index (κ1) is 16.5. The molecule has 1 amide bonds. The molecule has 0 spiro atoms. The van der Waals surface area contributed by atoms with Gasteiger partial charge in [0.05, 0.1) is 11.0 Å².